The van der Waals surface area contributed by atoms with Crippen molar-refractivity contribution in [1.29, 1.82) is 0 Å². The number of nitrogens with zero attached hydrogens (tertiary/aromatic N) is 2. The van der Waals surface area contributed by atoms with Crippen molar-refractivity contribution in [2.45, 2.75) is 25.3 Å². The first-order chi connectivity index (χ1) is 9.17. The largest absolute Gasteiger partial charge is 0.504 e. The third-order valence-corrected chi connectivity index (χ3v) is 4.27. The number of halogens is 1. The van der Waals surface area contributed by atoms with E-state index in [0.717, 1.165) is 24.9 Å². The summed E-state index contributed by atoms with van der Waals surface area (Å²) in [6.45, 7) is 0.997. The number of phenolic OH excluding ortho intramolecular Hbond substituents is 1. The second-order valence-electron chi connectivity index (χ2n) is 5.21. The molecule has 2 aliphatic rings. The maximum absolute atomic E-state index is 10.3. The van der Waals surface area contributed by atoms with E-state index in [0.29, 0.717) is 29.5 Å². The number of likely N-dealkylation sites (N-methyl/N-ethyl adjacent to an activating group) is 1. The lowest BCUT2D eigenvalue weighted by Crippen LogP contribution is -2.36. The second-order valence-corrected chi connectivity index (χ2v) is 5.21. The molecule has 2 N–H and O–H groups in total. The number of ether oxygens (including phenoxy) is 1. The molecule has 3 rings (SSSR count). The molecule has 0 saturated carbocycles. The minimum Gasteiger partial charge on any atom is -0.504 e. The molecule has 1 unspecified atom stereocenters. The van der Waals surface area contributed by atoms with Gasteiger partial charge >= 0.3 is 0 Å². The molecule has 0 fully saturated rings. The van der Waals surface area contributed by atoms with Crippen molar-refractivity contribution in [2.24, 2.45) is 5.16 Å². The van der Waals surface area contributed by atoms with Crippen molar-refractivity contribution in [3.05, 3.63) is 22.8 Å². The van der Waals surface area contributed by atoms with Crippen LogP contribution in [0.2, 0.25) is 0 Å². The van der Waals surface area contributed by atoms with E-state index in [1.807, 2.05) is 6.07 Å². The predicted molar refractivity (Wildman–Crippen MR) is 78.5 cm³/mol. The van der Waals surface area contributed by atoms with Gasteiger partial charge in [0.05, 0.1) is 18.4 Å². The SMILES string of the molecule is COc1cc2c3c(c1O)/C(=N\O)CCC3N(C)CC2.Cl. The number of hydrogen-bond donors (Lipinski definition) is 2. The third-order valence-electron chi connectivity index (χ3n) is 4.27. The van der Waals surface area contributed by atoms with Crippen LogP contribution < -0.4 is 4.74 Å². The van der Waals surface area contributed by atoms with Crippen LogP contribution in [-0.2, 0) is 6.42 Å². The molecule has 0 spiro atoms. The number of rotatable bonds is 1. The summed E-state index contributed by atoms with van der Waals surface area (Å²) in [6.07, 6.45) is 2.50. The van der Waals surface area contributed by atoms with Gasteiger partial charge in [-0.05, 0) is 43.5 Å². The van der Waals surface area contributed by atoms with Crippen LogP contribution in [0.5, 0.6) is 11.5 Å². The molecule has 110 valence electrons. The van der Waals surface area contributed by atoms with E-state index in [1.165, 1.54) is 5.56 Å². The average Bonchev–Trinajstić information content (AvgIpc) is 2.44. The van der Waals surface area contributed by atoms with Gasteiger partial charge in [-0.15, -0.1) is 12.4 Å². The average molecular weight is 299 g/mol. The monoisotopic (exact) mass is 298 g/mol. The maximum atomic E-state index is 10.3. The third kappa shape index (κ3) is 2.01. The minimum absolute atomic E-state index is 0. The number of benzene rings is 1. The van der Waals surface area contributed by atoms with E-state index in [4.69, 9.17) is 4.74 Å². The molecule has 0 radical (unpaired) electrons. The summed E-state index contributed by atoms with van der Waals surface area (Å²) in [5.41, 5.74) is 3.51. The van der Waals surface area contributed by atoms with Gasteiger partial charge in [-0.3, -0.25) is 4.90 Å². The lowest BCUT2D eigenvalue weighted by Gasteiger charge is -2.39. The Hall–Kier alpha value is -1.46. The van der Waals surface area contributed by atoms with Gasteiger partial charge in [-0.2, -0.15) is 0 Å². The van der Waals surface area contributed by atoms with Gasteiger partial charge in [0, 0.05) is 12.6 Å². The van der Waals surface area contributed by atoms with Gasteiger partial charge in [-0.25, -0.2) is 0 Å². The lowest BCUT2D eigenvalue weighted by atomic mass is 9.79. The number of oxime groups is 1. The number of phenols is 1. The molecule has 0 aromatic heterocycles. The Labute approximate surface area is 124 Å². The standard InChI is InChI=1S/C14H18N2O3.ClH/c1-16-6-5-8-7-11(19-2)14(17)13-9(15-18)3-4-10(16)12(8)13;/h7,10,17-18H,3-6H2,1-2H3;1H/b15-9-;. The highest BCUT2D eigenvalue weighted by atomic mass is 35.5. The van der Waals surface area contributed by atoms with Gasteiger partial charge in [-0.1, -0.05) is 5.16 Å². The highest BCUT2D eigenvalue weighted by Gasteiger charge is 2.36. The maximum Gasteiger partial charge on any atom is 0.167 e. The molecule has 0 bridgehead atoms. The van der Waals surface area contributed by atoms with E-state index >= 15 is 0 Å². The molecule has 0 saturated heterocycles. The molecule has 1 aliphatic carbocycles. The van der Waals surface area contributed by atoms with Crippen molar-refractivity contribution < 1.29 is 15.1 Å². The summed E-state index contributed by atoms with van der Waals surface area (Å²) < 4.78 is 5.23. The summed E-state index contributed by atoms with van der Waals surface area (Å²) in [4.78, 5) is 2.30. The van der Waals surface area contributed by atoms with E-state index in [1.54, 1.807) is 7.11 Å². The molecular weight excluding hydrogens is 280 g/mol. The smallest absolute Gasteiger partial charge is 0.167 e. The molecule has 1 aromatic carbocycles. The van der Waals surface area contributed by atoms with Gasteiger partial charge in [0.25, 0.3) is 0 Å². The molecule has 0 amide bonds. The topological polar surface area (TPSA) is 65.3 Å². The Kier molecular flexibility index (Phi) is 4.11. The summed E-state index contributed by atoms with van der Waals surface area (Å²) in [5, 5.41) is 22.9. The zero-order chi connectivity index (χ0) is 13.6. The molecule has 20 heavy (non-hydrogen) atoms. The van der Waals surface area contributed by atoms with Crippen LogP contribution in [0.4, 0.5) is 0 Å². The Morgan fingerprint density at radius 1 is 1.40 bits per heavy atom. The summed E-state index contributed by atoms with van der Waals surface area (Å²) in [5.74, 6) is 0.550. The molecule has 6 heteroatoms. The Morgan fingerprint density at radius 2 is 2.15 bits per heavy atom. The van der Waals surface area contributed by atoms with Crippen molar-refractivity contribution in [3.8, 4) is 11.5 Å². The second kappa shape index (κ2) is 5.50. The number of hydrogen-bond acceptors (Lipinski definition) is 5. The first kappa shape index (κ1) is 14.9. The van der Waals surface area contributed by atoms with Crippen molar-refractivity contribution >= 4 is 18.1 Å². The van der Waals surface area contributed by atoms with Crippen molar-refractivity contribution in [1.82, 2.24) is 4.90 Å². The van der Waals surface area contributed by atoms with Crippen LogP contribution in [0.3, 0.4) is 0 Å². The Morgan fingerprint density at radius 3 is 2.80 bits per heavy atom. The summed E-state index contributed by atoms with van der Waals surface area (Å²) in [6, 6.07) is 2.20. The van der Waals surface area contributed by atoms with Gasteiger partial charge in [0.2, 0.25) is 0 Å². The van der Waals surface area contributed by atoms with Gasteiger partial charge in [0.1, 0.15) is 0 Å². The minimum atomic E-state index is 0. The van der Waals surface area contributed by atoms with Crippen LogP contribution in [0, 0.1) is 0 Å². The van der Waals surface area contributed by atoms with Crippen molar-refractivity contribution in [3.63, 3.8) is 0 Å². The highest BCUT2D eigenvalue weighted by molar-refractivity contribution is 6.06. The van der Waals surface area contributed by atoms with E-state index in [9.17, 15) is 10.3 Å². The molecule has 1 heterocycles. The fourth-order valence-corrected chi connectivity index (χ4v) is 3.29. The molecule has 1 atom stereocenters. The highest BCUT2D eigenvalue weighted by Crippen LogP contribution is 2.46. The summed E-state index contributed by atoms with van der Waals surface area (Å²) in [7, 11) is 3.64. The van der Waals surface area contributed by atoms with E-state index in [-0.39, 0.29) is 18.2 Å². The molecular formula is C14H19ClN2O3. The number of aromatic hydroxyl groups is 1. The van der Waals surface area contributed by atoms with Gasteiger partial charge in [0.15, 0.2) is 11.5 Å². The lowest BCUT2D eigenvalue weighted by molar-refractivity contribution is 0.215. The predicted octanol–water partition coefficient (Wildman–Crippen LogP) is 2.32. The fourth-order valence-electron chi connectivity index (χ4n) is 3.29. The van der Waals surface area contributed by atoms with Gasteiger partial charge < -0.3 is 15.1 Å². The fraction of sp³-hybridized carbons (Fsp3) is 0.500. The number of methoxy groups -OCH3 is 1. The van der Waals surface area contributed by atoms with E-state index < -0.39 is 0 Å². The Bertz CT molecular complexity index is 560. The zero-order valence-electron chi connectivity index (χ0n) is 11.6. The van der Waals surface area contributed by atoms with Crippen LogP contribution in [0.25, 0.3) is 0 Å². The normalized spacial score (nSPS) is 23.1. The molecule has 5 nitrogen and oxygen atoms in total. The van der Waals surface area contributed by atoms with E-state index in [2.05, 4.69) is 17.1 Å². The summed E-state index contributed by atoms with van der Waals surface area (Å²) >= 11 is 0. The zero-order valence-corrected chi connectivity index (χ0v) is 12.4. The molecule has 1 aliphatic heterocycles. The van der Waals surface area contributed by atoms with Crippen LogP contribution in [-0.4, -0.2) is 41.6 Å². The quantitative estimate of drug-likeness (QED) is 0.617. The van der Waals surface area contributed by atoms with Crippen LogP contribution >= 0.6 is 12.4 Å². The molecule has 1 aromatic rings. The van der Waals surface area contributed by atoms with Crippen molar-refractivity contribution in [2.75, 3.05) is 20.7 Å². The van der Waals surface area contributed by atoms with Crippen LogP contribution in [0.1, 0.15) is 35.6 Å². The first-order valence-electron chi connectivity index (χ1n) is 6.51. The Balaban J connectivity index is 0.00000147. The first-order valence-corrected chi connectivity index (χ1v) is 6.51. The van der Waals surface area contributed by atoms with Crippen LogP contribution in [0.15, 0.2) is 11.2 Å².